The number of para-hydroxylation sites is 1. The number of ether oxygens (including phenoxy) is 2. The number of carbonyl (C=O) groups excluding carboxylic acids is 1. The van der Waals surface area contributed by atoms with Crippen LogP contribution in [0, 0.1) is 5.92 Å². The number of rotatable bonds is 5. The molecule has 1 amide bonds. The molecule has 0 bridgehead atoms. The van der Waals surface area contributed by atoms with Crippen molar-refractivity contribution >= 4 is 5.91 Å². The van der Waals surface area contributed by atoms with Gasteiger partial charge in [0.2, 0.25) is 5.91 Å². The van der Waals surface area contributed by atoms with Crippen LogP contribution in [0.1, 0.15) is 11.4 Å². The van der Waals surface area contributed by atoms with Gasteiger partial charge in [0.05, 0.1) is 25.8 Å². The number of hydrogen-bond acceptors (Lipinski definition) is 7. The van der Waals surface area contributed by atoms with Gasteiger partial charge in [-0.1, -0.05) is 17.3 Å². The Hall–Kier alpha value is -3.29. The summed E-state index contributed by atoms with van der Waals surface area (Å²) >= 11 is 0. The van der Waals surface area contributed by atoms with E-state index in [0.717, 1.165) is 5.56 Å². The molecule has 0 fully saturated rings. The normalized spacial score (nSPS) is 15.8. The molecule has 2 aromatic heterocycles. The first-order valence-corrected chi connectivity index (χ1v) is 8.17. The molecular weight excluding hydrogens is 338 g/mol. The molecular formula is C18H17N3O5. The Labute approximate surface area is 149 Å². The van der Waals surface area contributed by atoms with Gasteiger partial charge in [-0.3, -0.25) is 4.79 Å². The van der Waals surface area contributed by atoms with Gasteiger partial charge in [-0.25, -0.2) is 0 Å². The minimum Gasteiger partial charge on any atom is -0.493 e. The molecule has 4 rings (SSSR count). The van der Waals surface area contributed by atoms with E-state index in [4.69, 9.17) is 18.4 Å². The lowest BCUT2D eigenvalue weighted by Crippen LogP contribution is -2.37. The van der Waals surface area contributed by atoms with Gasteiger partial charge in [-0.2, -0.15) is 4.98 Å². The second kappa shape index (κ2) is 6.91. The molecule has 3 aromatic rings. The van der Waals surface area contributed by atoms with Crippen LogP contribution in [0.2, 0.25) is 0 Å². The van der Waals surface area contributed by atoms with Crippen LogP contribution in [0.25, 0.3) is 11.7 Å². The molecule has 8 heteroatoms. The standard InChI is InChI=1S/C18H17N3O5/c1-23-13-5-2-4-11-8-12(10-25-16(11)13)17(22)19-9-15-20-18(26-21-15)14-6-3-7-24-14/h2-7,12H,8-10H2,1H3,(H,19,22)/t12-/m1/s1. The fourth-order valence-electron chi connectivity index (χ4n) is 2.86. The minimum absolute atomic E-state index is 0.122. The average molecular weight is 355 g/mol. The Morgan fingerprint density at radius 3 is 3.08 bits per heavy atom. The molecule has 134 valence electrons. The lowest BCUT2D eigenvalue weighted by atomic mass is 9.95. The van der Waals surface area contributed by atoms with Crippen molar-refractivity contribution < 1.29 is 23.2 Å². The van der Waals surface area contributed by atoms with Gasteiger partial charge in [-0.15, -0.1) is 0 Å². The number of methoxy groups -OCH3 is 1. The third-order valence-electron chi connectivity index (χ3n) is 4.17. The summed E-state index contributed by atoms with van der Waals surface area (Å²) in [6, 6.07) is 9.12. The zero-order valence-electron chi connectivity index (χ0n) is 14.1. The van der Waals surface area contributed by atoms with Crippen LogP contribution in [0.5, 0.6) is 11.5 Å². The number of fused-ring (bicyclic) bond motifs is 1. The lowest BCUT2D eigenvalue weighted by molar-refractivity contribution is -0.126. The molecule has 3 heterocycles. The van der Waals surface area contributed by atoms with E-state index in [0.29, 0.717) is 36.1 Å². The van der Waals surface area contributed by atoms with Crippen molar-refractivity contribution in [3.8, 4) is 23.1 Å². The topological polar surface area (TPSA) is 99.6 Å². The van der Waals surface area contributed by atoms with Crippen LogP contribution < -0.4 is 14.8 Å². The van der Waals surface area contributed by atoms with Crippen molar-refractivity contribution in [3.63, 3.8) is 0 Å². The van der Waals surface area contributed by atoms with E-state index in [1.807, 2.05) is 18.2 Å². The Kier molecular flexibility index (Phi) is 4.30. The first kappa shape index (κ1) is 16.2. The van der Waals surface area contributed by atoms with E-state index in [1.165, 1.54) is 6.26 Å². The van der Waals surface area contributed by atoms with Crippen molar-refractivity contribution in [1.29, 1.82) is 0 Å². The fraction of sp³-hybridized carbons (Fsp3) is 0.278. The summed E-state index contributed by atoms with van der Waals surface area (Å²) in [5, 5.41) is 6.66. The van der Waals surface area contributed by atoms with Crippen molar-refractivity contribution in [3.05, 3.63) is 48.0 Å². The van der Waals surface area contributed by atoms with Crippen molar-refractivity contribution in [1.82, 2.24) is 15.5 Å². The predicted octanol–water partition coefficient (Wildman–Crippen LogP) is 2.21. The van der Waals surface area contributed by atoms with Gasteiger partial charge in [-0.05, 0) is 30.2 Å². The van der Waals surface area contributed by atoms with Gasteiger partial charge >= 0.3 is 0 Å². The molecule has 0 aliphatic carbocycles. The number of carbonyl (C=O) groups is 1. The van der Waals surface area contributed by atoms with Crippen LogP contribution in [-0.2, 0) is 17.8 Å². The Bertz CT molecular complexity index is 903. The van der Waals surface area contributed by atoms with Crippen LogP contribution in [0.4, 0.5) is 0 Å². The third-order valence-corrected chi connectivity index (χ3v) is 4.17. The number of nitrogens with one attached hydrogen (secondary N) is 1. The summed E-state index contributed by atoms with van der Waals surface area (Å²) in [5.74, 6) is 2.12. The summed E-state index contributed by atoms with van der Waals surface area (Å²) in [5.41, 5.74) is 0.954. The maximum Gasteiger partial charge on any atom is 0.293 e. The Balaban J connectivity index is 1.37. The third kappa shape index (κ3) is 3.13. The van der Waals surface area contributed by atoms with E-state index in [9.17, 15) is 4.79 Å². The molecule has 0 saturated carbocycles. The van der Waals surface area contributed by atoms with Gasteiger partial charge in [0.25, 0.3) is 5.89 Å². The highest BCUT2D eigenvalue weighted by atomic mass is 16.5. The largest absolute Gasteiger partial charge is 0.493 e. The van der Waals surface area contributed by atoms with Gasteiger partial charge in [0, 0.05) is 0 Å². The molecule has 26 heavy (non-hydrogen) atoms. The molecule has 0 saturated heterocycles. The lowest BCUT2D eigenvalue weighted by Gasteiger charge is -2.25. The molecule has 1 atom stereocenters. The molecule has 0 spiro atoms. The number of aromatic nitrogens is 2. The van der Waals surface area contributed by atoms with Gasteiger partial charge in [0.15, 0.2) is 23.1 Å². The number of benzene rings is 1. The van der Waals surface area contributed by atoms with E-state index < -0.39 is 0 Å². The molecule has 8 nitrogen and oxygen atoms in total. The summed E-state index contributed by atoms with van der Waals surface area (Å²) < 4.78 is 21.3. The monoisotopic (exact) mass is 355 g/mol. The maximum absolute atomic E-state index is 12.4. The van der Waals surface area contributed by atoms with Crippen LogP contribution >= 0.6 is 0 Å². The smallest absolute Gasteiger partial charge is 0.293 e. The molecule has 1 aliphatic rings. The summed E-state index contributed by atoms with van der Waals surface area (Å²) in [6.45, 7) is 0.466. The highest BCUT2D eigenvalue weighted by molar-refractivity contribution is 5.79. The van der Waals surface area contributed by atoms with E-state index >= 15 is 0 Å². The summed E-state index contributed by atoms with van der Waals surface area (Å²) in [7, 11) is 1.60. The fourth-order valence-corrected chi connectivity index (χ4v) is 2.86. The molecule has 1 N–H and O–H groups in total. The maximum atomic E-state index is 12.4. The second-order valence-electron chi connectivity index (χ2n) is 5.87. The molecule has 1 aliphatic heterocycles. The highest BCUT2D eigenvalue weighted by Gasteiger charge is 2.28. The predicted molar refractivity (Wildman–Crippen MR) is 89.5 cm³/mol. The molecule has 0 unspecified atom stereocenters. The number of amides is 1. The Morgan fingerprint density at radius 2 is 2.27 bits per heavy atom. The van der Waals surface area contributed by atoms with Crippen molar-refractivity contribution in [2.75, 3.05) is 13.7 Å². The first-order valence-electron chi connectivity index (χ1n) is 8.17. The van der Waals surface area contributed by atoms with Crippen molar-refractivity contribution in [2.45, 2.75) is 13.0 Å². The quantitative estimate of drug-likeness (QED) is 0.749. The SMILES string of the molecule is COc1cccc2c1OC[C@H](C(=O)NCc1noc(-c3ccco3)n1)C2. The molecule has 0 radical (unpaired) electrons. The van der Waals surface area contributed by atoms with E-state index in [2.05, 4.69) is 15.5 Å². The zero-order chi connectivity index (χ0) is 17.9. The van der Waals surface area contributed by atoms with Crippen molar-refractivity contribution in [2.24, 2.45) is 5.92 Å². The molecule has 1 aromatic carbocycles. The highest BCUT2D eigenvalue weighted by Crippen LogP contribution is 2.36. The van der Waals surface area contributed by atoms with E-state index in [-0.39, 0.29) is 24.3 Å². The Morgan fingerprint density at radius 1 is 1.35 bits per heavy atom. The minimum atomic E-state index is -0.286. The van der Waals surface area contributed by atoms with Crippen LogP contribution in [0.3, 0.4) is 0 Å². The van der Waals surface area contributed by atoms with Crippen LogP contribution in [0.15, 0.2) is 45.5 Å². The van der Waals surface area contributed by atoms with Crippen LogP contribution in [-0.4, -0.2) is 29.8 Å². The second-order valence-corrected chi connectivity index (χ2v) is 5.87. The van der Waals surface area contributed by atoms with E-state index in [1.54, 1.807) is 19.2 Å². The first-order chi connectivity index (χ1) is 12.7. The van der Waals surface area contributed by atoms with Gasteiger partial charge < -0.3 is 23.7 Å². The van der Waals surface area contributed by atoms with Gasteiger partial charge in [0.1, 0.15) is 6.61 Å². The number of hydrogen-bond donors (Lipinski definition) is 1. The summed E-state index contributed by atoms with van der Waals surface area (Å²) in [6.07, 6.45) is 2.11. The number of nitrogens with zero attached hydrogens (tertiary/aromatic N) is 2. The average Bonchev–Trinajstić information content (AvgIpc) is 3.36. The number of furan rings is 1. The zero-order valence-corrected chi connectivity index (χ0v) is 14.1. The summed E-state index contributed by atoms with van der Waals surface area (Å²) in [4.78, 5) is 16.6.